The molecule has 0 spiro atoms. The normalized spacial score (nSPS) is 11.6. The van der Waals surface area contributed by atoms with Gasteiger partial charge in [0.15, 0.2) is 0 Å². The van der Waals surface area contributed by atoms with Gasteiger partial charge in [-0.1, -0.05) is 19.9 Å². The summed E-state index contributed by atoms with van der Waals surface area (Å²) in [4.78, 5) is 13.8. The first-order valence-corrected chi connectivity index (χ1v) is 6.82. The van der Waals surface area contributed by atoms with Crippen molar-refractivity contribution < 1.29 is 18.0 Å². The van der Waals surface area contributed by atoms with Crippen LogP contribution in [0.2, 0.25) is 0 Å². The summed E-state index contributed by atoms with van der Waals surface area (Å²) in [6, 6.07) is 3.64. The second kappa shape index (κ2) is 6.83. The molecule has 0 saturated carbocycles. The number of anilines is 1. The fourth-order valence-electron chi connectivity index (χ4n) is 2.00. The molecule has 0 saturated heterocycles. The van der Waals surface area contributed by atoms with E-state index < -0.39 is 17.6 Å². The largest absolute Gasteiger partial charge is 0.418 e. The zero-order valence-electron chi connectivity index (χ0n) is 12.7. The number of nitrogens with one attached hydrogen (secondary N) is 1. The highest BCUT2D eigenvalue weighted by Crippen LogP contribution is 2.36. The molecule has 0 bridgehead atoms. The smallest absolute Gasteiger partial charge is 0.387 e. The Labute approximate surface area is 123 Å². The minimum atomic E-state index is -4.49. The summed E-state index contributed by atoms with van der Waals surface area (Å²) in [7, 11) is 2.99. The standard InChI is InChI=1S/C15H21F3N2O/c1-10(2)8-9-20(4)14(21)11-6-5-7-12(13(11)19-3)15(16,17)18/h5-7,10,19H,8-9H2,1-4H3. The Morgan fingerprint density at radius 2 is 1.95 bits per heavy atom. The number of para-hydroxylation sites is 1. The molecule has 1 rings (SSSR count). The van der Waals surface area contributed by atoms with Crippen LogP contribution in [0.4, 0.5) is 18.9 Å². The number of amides is 1. The van der Waals surface area contributed by atoms with Crippen LogP contribution in [0.25, 0.3) is 0 Å². The molecule has 0 aliphatic carbocycles. The first-order chi connectivity index (χ1) is 9.68. The topological polar surface area (TPSA) is 32.3 Å². The van der Waals surface area contributed by atoms with E-state index in [0.29, 0.717) is 12.5 Å². The van der Waals surface area contributed by atoms with Crippen molar-refractivity contribution >= 4 is 11.6 Å². The molecule has 118 valence electrons. The lowest BCUT2D eigenvalue weighted by molar-refractivity contribution is -0.136. The summed E-state index contributed by atoms with van der Waals surface area (Å²) in [6.07, 6.45) is -3.69. The molecular formula is C15H21F3N2O. The molecule has 1 amide bonds. The monoisotopic (exact) mass is 302 g/mol. The van der Waals surface area contributed by atoms with Crippen molar-refractivity contribution in [1.82, 2.24) is 4.90 Å². The van der Waals surface area contributed by atoms with Crippen molar-refractivity contribution in [2.24, 2.45) is 5.92 Å². The van der Waals surface area contributed by atoms with E-state index in [0.717, 1.165) is 12.5 Å². The van der Waals surface area contributed by atoms with Crippen LogP contribution in [0, 0.1) is 5.92 Å². The molecular weight excluding hydrogens is 281 g/mol. The molecule has 6 heteroatoms. The Morgan fingerprint density at radius 3 is 2.43 bits per heavy atom. The van der Waals surface area contributed by atoms with Gasteiger partial charge in [-0.25, -0.2) is 0 Å². The molecule has 0 heterocycles. The van der Waals surface area contributed by atoms with Gasteiger partial charge >= 0.3 is 6.18 Å². The third-order valence-corrected chi connectivity index (χ3v) is 3.24. The molecule has 0 unspecified atom stereocenters. The Hall–Kier alpha value is -1.72. The van der Waals surface area contributed by atoms with Crippen LogP contribution in [0.5, 0.6) is 0 Å². The van der Waals surface area contributed by atoms with Crippen LogP contribution in [0.1, 0.15) is 36.2 Å². The van der Waals surface area contributed by atoms with Crippen molar-refractivity contribution in [3.63, 3.8) is 0 Å². The summed E-state index contributed by atoms with van der Waals surface area (Å²) in [5.41, 5.74) is -0.960. The first-order valence-electron chi connectivity index (χ1n) is 6.82. The summed E-state index contributed by atoms with van der Waals surface area (Å²) < 4.78 is 38.9. The Morgan fingerprint density at radius 1 is 1.33 bits per heavy atom. The third-order valence-electron chi connectivity index (χ3n) is 3.24. The molecule has 3 nitrogen and oxygen atoms in total. The predicted octanol–water partition coefficient (Wildman–Crippen LogP) is 3.87. The lowest BCUT2D eigenvalue weighted by Gasteiger charge is -2.21. The quantitative estimate of drug-likeness (QED) is 0.895. The second-order valence-corrected chi connectivity index (χ2v) is 5.39. The first kappa shape index (κ1) is 17.3. The molecule has 0 aliphatic heterocycles. The molecule has 0 atom stereocenters. The van der Waals surface area contributed by atoms with Gasteiger partial charge in [0.2, 0.25) is 0 Å². The van der Waals surface area contributed by atoms with E-state index in [2.05, 4.69) is 5.32 Å². The van der Waals surface area contributed by atoms with Crippen LogP contribution < -0.4 is 5.32 Å². The van der Waals surface area contributed by atoms with Gasteiger partial charge in [-0.3, -0.25) is 4.79 Å². The van der Waals surface area contributed by atoms with Crippen molar-refractivity contribution in [3.05, 3.63) is 29.3 Å². The number of benzene rings is 1. The van der Waals surface area contributed by atoms with Gasteiger partial charge in [0.05, 0.1) is 16.8 Å². The van der Waals surface area contributed by atoms with Crippen molar-refractivity contribution in [2.75, 3.05) is 26.0 Å². The number of hydrogen-bond acceptors (Lipinski definition) is 2. The van der Waals surface area contributed by atoms with Gasteiger partial charge in [-0.2, -0.15) is 13.2 Å². The van der Waals surface area contributed by atoms with Crippen LogP contribution in [0.3, 0.4) is 0 Å². The van der Waals surface area contributed by atoms with Crippen molar-refractivity contribution in [3.8, 4) is 0 Å². The minimum absolute atomic E-state index is 0.0404. The zero-order chi connectivity index (χ0) is 16.2. The highest BCUT2D eigenvalue weighted by Gasteiger charge is 2.35. The lowest BCUT2D eigenvalue weighted by Crippen LogP contribution is -2.29. The van der Waals surface area contributed by atoms with Crippen LogP contribution in [-0.4, -0.2) is 31.4 Å². The number of hydrogen-bond donors (Lipinski definition) is 1. The summed E-state index contributed by atoms with van der Waals surface area (Å²) in [5, 5.41) is 2.50. The summed E-state index contributed by atoms with van der Waals surface area (Å²) in [5.74, 6) is 0.0108. The van der Waals surface area contributed by atoms with Gasteiger partial charge in [-0.15, -0.1) is 0 Å². The minimum Gasteiger partial charge on any atom is -0.387 e. The zero-order valence-corrected chi connectivity index (χ0v) is 12.7. The Balaban J connectivity index is 3.10. The van der Waals surface area contributed by atoms with E-state index in [-0.39, 0.29) is 11.3 Å². The molecule has 0 fully saturated rings. The predicted molar refractivity (Wildman–Crippen MR) is 77.4 cm³/mol. The maximum atomic E-state index is 13.0. The maximum Gasteiger partial charge on any atom is 0.418 e. The molecule has 1 aromatic carbocycles. The average Bonchev–Trinajstić information content (AvgIpc) is 2.41. The van der Waals surface area contributed by atoms with E-state index in [1.54, 1.807) is 7.05 Å². The van der Waals surface area contributed by atoms with Crippen molar-refractivity contribution in [2.45, 2.75) is 26.4 Å². The Kier molecular flexibility index (Phi) is 5.63. The summed E-state index contributed by atoms with van der Waals surface area (Å²) in [6.45, 7) is 4.57. The Bertz CT molecular complexity index is 498. The van der Waals surface area contributed by atoms with E-state index >= 15 is 0 Å². The van der Waals surface area contributed by atoms with E-state index in [4.69, 9.17) is 0 Å². The number of carbonyl (C=O) groups is 1. The SMILES string of the molecule is CNc1c(C(=O)N(C)CCC(C)C)cccc1C(F)(F)F. The van der Waals surface area contributed by atoms with Crippen LogP contribution in [0.15, 0.2) is 18.2 Å². The summed E-state index contributed by atoms with van der Waals surface area (Å²) >= 11 is 0. The van der Waals surface area contributed by atoms with Gasteiger partial charge in [0.25, 0.3) is 5.91 Å². The molecule has 21 heavy (non-hydrogen) atoms. The van der Waals surface area contributed by atoms with E-state index in [9.17, 15) is 18.0 Å². The average molecular weight is 302 g/mol. The van der Waals surface area contributed by atoms with E-state index in [1.807, 2.05) is 13.8 Å². The highest BCUT2D eigenvalue weighted by atomic mass is 19.4. The molecule has 0 radical (unpaired) electrons. The molecule has 1 N–H and O–H groups in total. The molecule has 0 aromatic heterocycles. The van der Waals surface area contributed by atoms with Crippen LogP contribution >= 0.6 is 0 Å². The van der Waals surface area contributed by atoms with E-state index in [1.165, 1.54) is 24.1 Å². The van der Waals surface area contributed by atoms with Gasteiger partial charge in [0.1, 0.15) is 0 Å². The van der Waals surface area contributed by atoms with Gasteiger partial charge in [-0.05, 0) is 24.5 Å². The number of carbonyl (C=O) groups excluding carboxylic acids is 1. The fraction of sp³-hybridized carbons (Fsp3) is 0.533. The van der Waals surface area contributed by atoms with Crippen molar-refractivity contribution in [1.29, 1.82) is 0 Å². The molecule has 1 aromatic rings. The number of alkyl halides is 3. The number of halogens is 3. The van der Waals surface area contributed by atoms with Gasteiger partial charge < -0.3 is 10.2 Å². The van der Waals surface area contributed by atoms with Gasteiger partial charge in [0, 0.05) is 20.6 Å². The highest BCUT2D eigenvalue weighted by molar-refractivity contribution is 6.00. The number of rotatable bonds is 5. The molecule has 0 aliphatic rings. The maximum absolute atomic E-state index is 13.0. The third kappa shape index (κ3) is 4.37. The number of nitrogens with zero attached hydrogens (tertiary/aromatic N) is 1. The second-order valence-electron chi connectivity index (χ2n) is 5.39. The fourth-order valence-corrected chi connectivity index (χ4v) is 2.00. The van der Waals surface area contributed by atoms with Crippen LogP contribution in [-0.2, 0) is 6.18 Å². The lowest BCUT2D eigenvalue weighted by atomic mass is 10.0.